The Labute approximate surface area is 129 Å². The van der Waals surface area contributed by atoms with E-state index in [1.807, 2.05) is 6.07 Å². The normalized spacial score (nSPS) is 17.6. The number of hydrogen-bond donors (Lipinski definition) is 0. The Hall–Kier alpha value is -1.88. The minimum Gasteiger partial charge on any atom is -0.493 e. The number of hydrogen-bond acceptors (Lipinski definition) is 3. The lowest BCUT2D eigenvalue weighted by atomic mass is 9.91. The Bertz CT molecular complexity index is 799. The van der Waals surface area contributed by atoms with E-state index in [1.165, 1.54) is 18.2 Å². The van der Waals surface area contributed by atoms with Gasteiger partial charge in [-0.2, -0.15) is 0 Å². The Balaban J connectivity index is 2.06. The van der Waals surface area contributed by atoms with E-state index in [-0.39, 0.29) is 9.79 Å². The molecule has 1 atom stereocenters. The molecular formula is C17H17FO3S. The number of sulfone groups is 1. The third kappa shape index (κ3) is 2.61. The molecule has 0 saturated heterocycles. The Kier molecular flexibility index (Phi) is 3.91. The SMILES string of the molecule is CCC1CCOc2cc(S(=O)(=O)c3cccc(F)c3)ccc21. The highest BCUT2D eigenvalue weighted by molar-refractivity contribution is 7.91. The van der Waals surface area contributed by atoms with Gasteiger partial charge in [-0.15, -0.1) is 0 Å². The van der Waals surface area contributed by atoms with Gasteiger partial charge in [-0.1, -0.05) is 19.1 Å². The maximum absolute atomic E-state index is 13.3. The molecule has 0 aromatic heterocycles. The Morgan fingerprint density at radius 2 is 1.95 bits per heavy atom. The molecule has 3 rings (SSSR count). The van der Waals surface area contributed by atoms with Gasteiger partial charge in [0.05, 0.1) is 16.4 Å². The van der Waals surface area contributed by atoms with Crippen LogP contribution in [0.1, 0.15) is 31.2 Å². The van der Waals surface area contributed by atoms with E-state index in [0.717, 1.165) is 24.5 Å². The number of halogens is 1. The largest absolute Gasteiger partial charge is 0.493 e. The zero-order chi connectivity index (χ0) is 15.7. The highest BCUT2D eigenvalue weighted by atomic mass is 32.2. The van der Waals surface area contributed by atoms with Gasteiger partial charge in [0.1, 0.15) is 11.6 Å². The Morgan fingerprint density at radius 1 is 1.18 bits per heavy atom. The monoisotopic (exact) mass is 320 g/mol. The van der Waals surface area contributed by atoms with E-state index in [2.05, 4.69) is 6.92 Å². The molecule has 0 radical (unpaired) electrons. The van der Waals surface area contributed by atoms with Gasteiger partial charge in [-0.05, 0) is 54.7 Å². The minimum absolute atomic E-state index is 0.0460. The smallest absolute Gasteiger partial charge is 0.206 e. The van der Waals surface area contributed by atoms with Gasteiger partial charge in [0, 0.05) is 0 Å². The van der Waals surface area contributed by atoms with Gasteiger partial charge < -0.3 is 4.74 Å². The van der Waals surface area contributed by atoms with Crippen molar-refractivity contribution in [3.05, 3.63) is 53.8 Å². The van der Waals surface area contributed by atoms with Gasteiger partial charge in [0.15, 0.2) is 0 Å². The van der Waals surface area contributed by atoms with E-state index in [9.17, 15) is 12.8 Å². The van der Waals surface area contributed by atoms with Crippen LogP contribution in [0, 0.1) is 5.82 Å². The molecule has 1 heterocycles. The minimum atomic E-state index is -3.74. The predicted molar refractivity (Wildman–Crippen MR) is 81.4 cm³/mol. The third-order valence-corrected chi connectivity index (χ3v) is 5.81. The second-order valence-corrected chi connectivity index (χ2v) is 7.35. The molecule has 1 aliphatic heterocycles. The number of fused-ring (bicyclic) bond motifs is 1. The van der Waals surface area contributed by atoms with Crippen LogP contribution < -0.4 is 4.74 Å². The molecule has 1 aliphatic rings. The molecule has 2 aromatic rings. The summed E-state index contributed by atoms with van der Waals surface area (Å²) in [6.45, 7) is 2.70. The van der Waals surface area contributed by atoms with Crippen LogP contribution in [0.5, 0.6) is 5.75 Å². The second-order valence-electron chi connectivity index (χ2n) is 5.40. The van der Waals surface area contributed by atoms with Crippen molar-refractivity contribution in [3.8, 4) is 5.75 Å². The maximum atomic E-state index is 13.3. The van der Waals surface area contributed by atoms with Gasteiger partial charge in [-0.25, -0.2) is 12.8 Å². The van der Waals surface area contributed by atoms with Crippen LogP contribution in [0.15, 0.2) is 52.3 Å². The summed E-state index contributed by atoms with van der Waals surface area (Å²) in [4.78, 5) is 0.0869. The fourth-order valence-electron chi connectivity index (χ4n) is 2.81. The fourth-order valence-corrected chi connectivity index (χ4v) is 4.11. The lowest BCUT2D eigenvalue weighted by Crippen LogP contribution is -2.14. The van der Waals surface area contributed by atoms with E-state index in [0.29, 0.717) is 18.3 Å². The van der Waals surface area contributed by atoms with Crippen LogP contribution in [0.2, 0.25) is 0 Å². The number of rotatable bonds is 3. The number of benzene rings is 2. The molecular weight excluding hydrogens is 303 g/mol. The molecule has 0 spiro atoms. The predicted octanol–water partition coefficient (Wildman–Crippen LogP) is 3.93. The second kappa shape index (κ2) is 5.72. The molecule has 0 N–H and O–H groups in total. The molecule has 22 heavy (non-hydrogen) atoms. The highest BCUT2D eigenvalue weighted by Crippen LogP contribution is 2.37. The van der Waals surface area contributed by atoms with Gasteiger partial charge in [0.25, 0.3) is 0 Å². The van der Waals surface area contributed by atoms with E-state index >= 15 is 0 Å². The number of ether oxygens (including phenoxy) is 1. The van der Waals surface area contributed by atoms with Gasteiger partial charge >= 0.3 is 0 Å². The van der Waals surface area contributed by atoms with Crippen LogP contribution >= 0.6 is 0 Å². The third-order valence-electron chi connectivity index (χ3n) is 4.06. The van der Waals surface area contributed by atoms with Crippen LogP contribution in [0.25, 0.3) is 0 Å². The zero-order valence-electron chi connectivity index (χ0n) is 12.3. The first-order valence-corrected chi connectivity index (χ1v) is 8.78. The topological polar surface area (TPSA) is 43.4 Å². The molecule has 5 heteroatoms. The van der Waals surface area contributed by atoms with Gasteiger partial charge in [-0.3, -0.25) is 0 Å². The van der Waals surface area contributed by atoms with Crippen molar-refractivity contribution in [2.24, 2.45) is 0 Å². The molecule has 116 valence electrons. The summed E-state index contributed by atoms with van der Waals surface area (Å²) in [5, 5.41) is 0. The summed E-state index contributed by atoms with van der Waals surface area (Å²) in [7, 11) is -3.74. The average Bonchev–Trinajstić information content (AvgIpc) is 2.53. The van der Waals surface area contributed by atoms with Crippen LogP contribution in [0.4, 0.5) is 4.39 Å². The molecule has 0 fully saturated rings. The highest BCUT2D eigenvalue weighted by Gasteiger charge is 2.24. The average molecular weight is 320 g/mol. The van der Waals surface area contributed by atoms with Crippen molar-refractivity contribution in [2.75, 3.05) is 6.61 Å². The molecule has 0 bridgehead atoms. The molecule has 0 saturated carbocycles. The molecule has 1 unspecified atom stereocenters. The summed E-state index contributed by atoms with van der Waals surface area (Å²) in [6, 6.07) is 9.99. The first-order valence-electron chi connectivity index (χ1n) is 7.30. The quantitative estimate of drug-likeness (QED) is 0.860. The summed E-state index contributed by atoms with van der Waals surface area (Å²) >= 11 is 0. The summed E-state index contributed by atoms with van der Waals surface area (Å²) < 4.78 is 44.1. The molecule has 0 amide bonds. The fraction of sp³-hybridized carbons (Fsp3) is 0.294. The first kappa shape index (κ1) is 15.0. The van der Waals surface area contributed by atoms with E-state index in [4.69, 9.17) is 4.74 Å². The summed E-state index contributed by atoms with van der Waals surface area (Å²) in [5.41, 5.74) is 1.05. The zero-order valence-corrected chi connectivity index (χ0v) is 13.1. The summed E-state index contributed by atoms with van der Waals surface area (Å²) in [6.07, 6.45) is 1.94. The van der Waals surface area contributed by atoms with Crippen molar-refractivity contribution < 1.29 is 17.5 Å². The molecule has 0 aliphatic carbocycles. The lowest BCUT2D eigenvalue weighted by molar-refractivity contribution is 0.264. The summed E-state index contributed by atoms with van der Waals surface area (Å²) in [5.74, 6) is 0.451. The van der Waals surface area contributed by atoms with E-state index in [1.54, 1.807) is 12.1 Å². The van der Waals surface area contributed by atoms with Crippen molar-refractivity contribution in [1.82, 2.24) is 0 Å². The van der Waals surface area contributed by atoms with Crippen molar-refractivity contribution in [1.29, 1.82) is 0 Å². The van der Waals surface area contributed by atoms with E-state index < -0.39 is 15.7 Å². The van der Waals surface area contributed by atoms with Crippen LogP contribution in [-0.2, 0) is 9.84 Å². The van der Waals surface area contributed by atoms with Crippen LogP contribution in [0.3, 0.4) is 0 Å². The van der Waals surface area contributed by atoms with Crippen LogP contribution in [-0.4, -0.2) is 15.0 Å². The lowest BCUT2D eigenvalue weighted by Gasteiger charge is -2.25. The van der Waals surface area contributed by atoms with Crippen molar-refractivity contribution >= 4 is 9.84 Å². The van der Waals surface area contributed by atoms with Gasteiger partial charge in [0.2, 0.25) is 9.84 Å². The Morgan fingerprint density at radius 3 is 2.68 bits per heavy atom. The molecule has 3 nitrogen and oxygen atoms in total. The van der Waals surface area contributed by atoms with Crippen molar-refractivity contribution in [2.45, 2.75) is 35.5 Å². The van der Waals surface area contributed by atoms with Crippen molar-refractivity contribution in [3.63, 3.8) is 0 Å². The maximum Gasteiger partial charge on any atom is 0.206 e. The molecule has 2 aromatic carbocycles. The first-order chi connectivity index (χ1) is 10.5. The standard InChI is InChI=1S/C17H17FO3S/c1-2-12-8-9-21-17-11-15(6-7-16(12)17)22(19,20)14-5-3-4-13(18)10-14/h3-7,10-12H,2,8-9H2,1H3.